The molecule has 0 heterocycles. The molecule has 1 atom stereocenters. The molecule has 7 nitrogen and oxygen atoms in total. The number of sulfonamides is 1. The second-order valence-electron chi connectivity index (χ2n) is 12.2. The Morgan fingerprint density at radius 2 is 1.54 bits per heavy atom. The van der Waals surface area contributed by atoms with Gasteiger partial charge in [0.1, 0.15) is 12.6 Å². The minimum absolute atomic E-state index is 0.0434. The van der Waals surface area contributed by atoms with Crippen LogP contribution < -0.4 is 9.62 Å². The lowest BCUT2D eigenvalue weighted by atomic mass is 10.0. The predicted octanol–water partition coefficient (Wildman–Crippen LogP) is 8.18. The van der Waals surface area contributed by atoms with Crippen LogP contribution in [0.25, 0.3) is 0 Å². The van der Waals surface area contributed by atoms with Gasteiger partial charge in [-0.1, -0.05) is 117 Å². The van der Waals surface area contributed by atoms with Crippen molar-refractivity contribution >= 4 is 50.7 Å². The maximum Gasteiger partial charge on any atom is 0.264 e. The summed E-state index contributed by atoms with van der Waals surface area (Å²) >= 11 is 12.8. The van der Waals surface area contributed by atoms with Gasteiger partial charge in [-0.3, -0.25) is 13.9 Å². The van der Waals surface area contributed by atoms with Crippen LogP contribution in [0.2, 0.25) is 10.0 Å². The monoisotopic (exact) mass is 707 g/mol. The molecule has 1 N–H and O–H groups in total. The summed E-state index contributed by atoms with van der Waals surface area (Å²) in [5, 5.41) is 3.76. The molecule has 0 aliphatic rings. The highest BCUT2D eigenvalue weighted by Gasteiger charge is 2.35. The van der Waals surface area contributed by atoms with E-state index < -0.39 is 28.5 Å². The first kappa shape index (κ1) is 37.0. The molecule has 0 radical (unpaired) electrons. The molecule has 0 spiro atoms. The number of carbonyl (C=O) groups is 2. The number of unbranched alkanes of at least 4 members (excludes halogenated alkanes) is 1. The third kappa shape index (κ3) is 9.62. The topological polar surface area (TPSA) is 86.8 Å². The Morgan fingerprint density at radius 3 is 2.15 bits per heavy atom. The number of halogens is 2. The van der Waals surface area contributed by atoms with E-state index in [9.17, 15) is 18.0 Å². The van der Waals surface area contributed by atoms with E-state index in [1.807, 2.05) is 56.3 Å². The summed E-state index contributed by atoms with van der Waals surface area (Å²) < 4.78 is 29.7. The van der Waals surface area contributed by atoms with Crippen molar-refractivity contribution in [3.05, 3.63) is 129 Å². The van der Waals surface area contributed by atoms with Gasteiger partial charge < -0.3 is 10.2 Å². The number of hydrogen-bond donors (Lipinski definition) is 1. The van der Waals surface area contributed by atoms with Crippen LogP contribution in [0.5, 0.6) is 0 Å². The standard InChI is InChI=1S/C38H43Cl2N3O4S/c1-5-6-22-41-38(45)36(23-29-10-8-7-9-11-29)42(25-31-14-17-32(39)24-35(31)40)37(44)26-43(33-18-15-30(16-19-33)27(2)3)48(46,47)34-20-12-28(4)13-21-34/h7-21,24,27,36H,5-6,22-23,25-26H2,1-4H3,(H,41,45)/t36-/m1/s1. The number of nitrogens with zero attached hydrogens (tertiary/aromatic N) is 2. The van der Waals surface area contributed by atoms with Crippen molar-refractivity contribution in [1.29, 1.82) is 0 Å². The number of aryl methyl sites for hydroxylation is 1. The molecule has 4 rings (SSSR count). The van der Waals surface area contributed by atoms with Crippen LogP contribution in [0.1, 0.15) is 61.8 Å². The van der Waals surface area contributed by atoms with Crippen molar-refractivity contribution < 1.29 is 18.0 Å². The molecule has 0 aliphatic heterocycles. The molecule has 10 heteroatoms. The first-order valence-electron chi connectivity index (χ1n) is 16.1. The first-order chi connectivity index (χ1) is 22.9. The van der Waals surface area contributed by atoms with Gasteiger partial charge in [0, 0.05) is 29.6 Å². The Kier molecular flexibility index (Phi) is 13.1. The summed E-state index contributed by atoms with van der Waals surface area (Å²) in [7, 11) is -4.20. The van der Waals surface area contributed by atoms with Crippen molar-refractivity contribution in [2.24, 2.45) is 0 Å². The fraction of sp³-hybridized carbons (Fsp3) is 0.316. The molecule has 0 fully saturated rings. The van der Waals surface area contributed by atoms with E-state index >= 15 is 0 Å². The number of nitrogens with one attached hydrogen (secondary N) is 1. The highest BCUT2D eigenvalue weighted by molar-refractivity contribution is 7.92. The van der Waals surface area contributed by atoms with E-state index in [1.54, 1.807) is 42.5 Å². The van der Waals surface area contributed by atoms with Crippen LogP contribution in [0.3, 0.4) is 0 Å². The smallest absolute Gasteiger partial charge is 0.264 e. The zero-order chi connectivity index (χ0) is 34.8. The fourth-order valence-electron chi connectivity index (χ4n) is 5.29. The van der Waals surface area contributed by atoms with Gasteiger partial charge in [-0.25, -0.2) is 8.42 Å². The molecular weight excluding hydrogens is 665 g/mol. The normalized spacial score (nSPS) is 12.1. The average Bonchev–Trinajstić information content (AvgIpc) is 3.06. The summed E-state index contributed by atoms with van der Waals surface area (Å²) in [6, 6.07) is 27.1. The third-order valence-corrected chi connectivity index (χ3v) is 10.6. The van der Waals surface area contributed by atoms with Crippen LogP contribution in [0.4, 0.5) is 5.69 Å². The Bertz CT molecular complexity index is 1780. The number of anilines is 1. The zero-order valence-corrected chi connectivity index (χ0v) is 30.2. The van der Waals surface area contributed by atoms with Crippen LogP contribution in [0, 0.1) is 6.92 Å². The molecule has 0 unspecified atom stereocenters. The number of hydrogen-bond acceptors (Lipinski definition) is 4. The molecule has 48 heavy (non-hydrogen) atoms. The second-order valence-corrected chi connectivity index (χ2v) is 14.9. The van der Waals surface area contributed by atoms with Gasteiger partial charge in [0.15, 0.2) is 0 Å². The maximum atomic E-state index is 14.7. The Labute approximate surface area is 294 Å². The second kappa shape index (κ2) is 17.0. The van der Waals surface area contributed by atoms with Gasteiger partial charge in [0.2, 0.25) is 11.8 Å². The van der Waals surface area contributed by atoms with Crippen LogP contribution in [0.15, 0.2) is 102 Å². The quantitative estimate of drug-likeness (QED) is 0.126. The first-order valence-corrected chi connectivity index (χ1v) is 18.3. The summed E-state index contributed by atoms with van der Waals surface area (Å²) in [4.78, 5) is 30.1. The predicted molar refractivity (Wildman–Crippen MR) is 195 cm³/mol. The lowest BCUT2D eigenvalue weighted by molar-refractivity contribution is -0.140. The summed E-state index contributed by atoms with van der Waals surface area (Å²) in [5.74, 6) is -0.663. The molecule has 0 saturated carbocycles. The average molecular weight is 709 g/mol. The SMILES string of the molecule is CCCCNC(=O)[C@@H](Cc1ccccc1)N(Cc1ccc(Cl)cc1Cl)C(=O)CN(c1ccc(C(C)C)cc1)S(=O)(=O)c1ccc(C)cc1. The maximum absolute atomic E-state index is 14.7. The zero-order valence-electron chi connectivity index (χ0n) is 27.8. The molecule has 0 aliphatic carbocycles. The number of carbonyl (C=O) groups excluding carboxylic acids is 2. The van der Waals surface area contributed by atoms with Gasteiger partial charge in [-0.05, 0) is 72.4 Å². The Hall–Kier alpha value is -3.85. The van der Waals surface area contributed by atoms with Gasteiger partial charge in [-0.2, -0.15) is 0 Å². The molecule has 254 valence electrons. The molecular formula is C38H43Cl2N3O4S. The van der Waals surface area contributed by atoms with Crippen molar-refractivity contribution in [3.8, 4) is 0 Å². The third-order valence-electron chi connectivity index (χ3n) is 8.19. The van der Waals surface area contributed by atoms with Crippen molar-refractivity contribution in [2.45, 2.75) is 70.4 Å². The minimum atomic E-state index is -4.20. The molecule has 0 saturated heterocycles. The highest BCUT2D eigenvalue weighted by atomic mass is 35.5. The number of benzene rings is 4. The lowest BCUT2D eigenvalue weighted by Crippen LogP contribution is -2.53. The molecule has 4 aromatic carbocycles. The highest BCUT2D eigenvalue weighted by Crippen LogP contribution is 2.28. The molecule has 4 aromatic rings. The van der Waals surface area contributed by atoms with Gasteiger partial charge in [0.25, 0.3) is 10.0 Å². The summed E-state index contributed by atoms with van der Waals surface area (Å²) in [6.45, 7) is 7.87. The molecule has 0 bridgehead atoms. The Balaban J connectivity index is 1.82. The minimum Gasteiger partial charge on any atom is -0.354 e. The molecule has 2 amide bonds. The van der Waals surface area contributed by atoms with Crippen LogP contribution >= 0.6 is 23.2 Å². The van der Waals surface area contributed by atoms with Crippen LogP contribution in [-0.2, 0) is 32.6 Å². The fourth-order valence-corrected chi connectivity index (χ4v) is 7.17. The van der Waals surface area contributed by atoms with Crippen molar-refractivity contribution in [3.63, 3.8) is 0 Å². The number of amides is 2. The van der Waals surface area contributed by atoms with Gasteiger partial charge >= 0.3 is 0 Å². The summed E-state index contributed by atoms with van der Waals surface area (Å²) in [5.41, 5.74) is 3.69. The van der Waals surface area contributed by atoms with Crippen LogP contribution in [-0.4, -0.2) is 44.3 Å². The van der Waals surface area contributed by atoms with E-state index in [-0.39, 0.29) is 29.7 Å². The van der Waals surface area contributed by atoms with Gasteiger partial charge in [0.05, 0.1) is 10.6 Å². The summed E-state index contributed by atoms with van der Waals surface area (Å²) in [6.07, 6.45) is 1.87. The van der Waals surface area contributed by atoms with E-state index in [0.717, 1.165) is 33.8 Å². The number of rotatable bonds is 15. The Morgan fingerprint density at radius 1 is 0.875 bits per heavy atom. The van der Waals surface area contributed by atoms with E-state index in [0.29, 0.717) is 27.8 Å². The molecule has 0 aromatic heterocycles. The van der Waals surface area contributed by atoms with Gasteiger partial charge in [-0.15, -0.1) is 0 Å². The van der Waals surface area contributed by atoms with Crippen molar-refractivity contribution in [1.82, 2.24) is 10.2 Å². The van der Waals surface area contributed by atoms with E-state index in [1.165, 1.54) is 17.0 Å². The largest absolute Gasteiger partial charge is 0.354 e. The van der Waals surface area contributed by atoms with Crippen molar-refractivity contribution in [2.75, 3.05) is 17.4 Å². The lowest BCUT2D eigenvalue weighted by Gasteiger charge is -2.34. The van der Waals surface area contributed by atoms with E-state index in [2.05, 4.69) is 19.2 Å². The van der Waals surface area contributed by atoms with E-state index in [4.69, 9.17) is 23.2 Å².